The Morgan fingerprint density at radius 1 is 1.36 bits per heavy atom. The number of carbonyl (C=O) groups excluding carboxylic acids is 1. The molecule has 1 atom stereocenters. The number of methoxy groups -OCH3 is 2. The zero-order chi connectivity index (χ0) is 16.1. The molecule has 0 aliphatic carbocycles. The maximum atomic E-state index is 14.3. The molecular formula is C16H23FN2O3. The molecule has 1 fully saturated rings. The summed E-state index contributed by atoms with van der Waals surface area (Å²) in [5.41, 5.74) is 0.0259. The molecule has 0 saturated carbocycles. The van der Waals surface area contributed by atoms with Gasteiger partial charge in [0.1, 0.15) is 5.82 Å². The van der Waals surface area contributed by atoms with E-state index in [0.29, 0.717) is 12.3 Å². The quantitative estimate of drug-likeness (QED) is 0.874. The second-order valence-corrected chi connectivity index (χ2v) is 5.33. The molecule has 1 aliphatic rings. The average molecular weight is 310 g/mol. The Labute approximate surface area is 130 Å². The van der Waals surface area contributed by atoms with E-state index in [9.17, 15) is 9.18 Å². The van der Waals surface area contributed by atoms with E-state index in [2.05, 4.69) is 5.32 Å². The highest BCUT2D eigenvalue weighted by molar-refractivity contribution is 5.95. The largest absolute Gasteiger partial charge is 0.493 e. The third-order valence-corrected chi connectivity index (χ3v) is 3.90. The van der Waals surface area contributed by atoms with Gasteiger partial charge >= 0.3 is 0 Å². The van der Waals surface area contributed by atoms with Crippen LogP contribution in [0.5, 0.6) is 11.5 Å². The van der Waals surface area contributed by atoms with Crippen molar-refractivity contribution in [3.05, 3.63) is 23.5 Å². The summed E-state index contributed by atoms with van der Waals surface area (Å²) in [5, 5.41) is 3.24. The summed E-state index contributed by atoms with van der Waals surface area (Å²) in [6.07, 6.45) is 1.72. The lowest BCUT2D eigenvalue weighted by atomic mass is 10.1. The first-order valence-corrected chi connectivity index (χ1v) is 7.55. The third-order valence-electron chi connectivity index (χ3n) is 3.90. The maximum absolute atomic E-state index is 14.3. The van der Waals surface area contributed by atoms with Gasteiger partial charge in [-0.2, -0.15) is 0 Å². The van der Waals surface area contributed by atoms with Gasteiger partial charge in [0, 0.05) is 25.2 Å². The van der Waals surface area contributed by atoms with Crippen molar-refractivity contribution in [3.8, 4) is 11.5 Å². The summed E-state index contributed by atoms with van der Waals surface area (Å²) in [6, 6.07) is 2.73. The van der Waals surface area contributed by atoms with Crippen LogP contribution in [0.3, 0.4) is 0 Å². The van der Waals surface area contributed by atoms with E-state index in [1.54, 1.807) is 4.90 Å². The predicted octanol–water partition coefficient (Wildman–Crippen LogP) is 2.06. The van der Waals surface area contributed by atoms with Crippen molar-refractivity contribution in [1.82, 2.24) is 10.2 Å². The average Bonchev–Trinajstić information content (AvgIpc) is 3.05. The van der Waals surface area contributed by atoms with Crippen LogP contribution in [0.15, 0.2) is 12.1 Å². The Morgan fingerprint density at radius 3 is 2.59 bits per heavy atom. The van der Waals surface area contributed by atoms with E-state index in [-0.39, 0.29) is 23.3 Å². The number of nitrogens with zero attached hydrogens (tertiary/aromatic N) is 1. The van der Waals surface area contributed by atoms with Crippen molar-refractivity contribution >= 4 is 5.91 Å². The van der Waals surface area contributed by atoms with Gasteiger partial charge in [0.25, 0.3) is 5.91 Å². The number of carbonyl (C=O) groups is 1. The fourth-order valence-electron chi connectivity index (χ4n) is 2.77. The zero-order valence-corrected chi connectivity index (χ0v) is 13.3. The SMILES string of the molecule is CCCN(C(=O)c1cc(OC)c(OC)cc1F)C1CCNC1. The molecule has 0 aromatic heterocycles. The Morgan fingerprint density at radius 2 is 2.05 bits per heavy atom. The molecule has 1 N–H and O–H groups in total. The van der Waals surface area contributed by atoms with Crippen molar-refractivity contribution in [3.63, 3.8) is 0 Å². The molecule has 122 valence electrons. The molecule has 1 saturated heterocycles. The van der Waals surface area contributed by atoms with Gasteiger partial charge < -0.3 is 19.7 Å². The summed E-state index contributed by atoms with van der Waals surface area (Å²) in [7, 11) is 2.90. The van der Waals surface area contributed by atoms with Crippen molar-refractivity contribution in [1.29, 1.82) is 0 Å². The van der Waals surface area contributed by atoms with Gasteiger partial charge in [0.15, 0.2) is 11.5 Å². The summed E-state index contributed by atoms with van der Waals surface area (Å²) in [5.74, 6) is -0.252. The number of hydrogen-bond donors (Lipinski definition) is 1. The second kappa shape index (κ2) is 7.45. The molecule has 5 nitrogen and oxygen atoms in total. The lowest BCUT2D eigenvalue weighted by molar-refractivity contribution is 0.0687. The molecule has 0 radical (unpaired) electrons. The van der Waals surface area contributed by atoms with Crippen LogP contribution in [0, 0.1) is 5.82 Å². The standard InChI is InChI=1S/C16H23FN2O3/c1-4-7-19(11-5-6-18-10-11)16(20)12-8-14(21-2)15(22-3)9-13(12)17/h8-9,11,18H,4-7,10H2,1-3H3. The Kier molecular flexibility index (Phi) is 5.60. The highest BCUT2D eigenvalue weighted by Crippen LogP contribution is 2.30. The van der Waals surface area contributed by atoms with Gasteiger partial charge in [-0.05, 0) is 25.5 Å². The predicted molar refractivity (Wildman–Crippen MR) is 82.1 cm³/mol. The number of ether oxygens (including phenoxy) is 2. The van der Waals surface area contributed by atoms with Crippen LogP contribution in [0.25, 0.3) is 0 Å². The number of halogens is 1. The van der Waals surface area contributed by atoms with E-state index in [0.717, 1.165) is 25.9 Å². The number of hydrogen-bond acceptors (Lipinski definition) is 4. The fraction of sp³-hybridized carbons (Fsp3) is 0.562. The number of rotatable bonds is 6. The molecule has 1 aliphatic heterocycles. The Balaban J connectivity index is 2.33. The highest BCUT2D eigenvalue weighted by atomic mass is 19.1. The van der Waals surface area contributed by atoms with E-state index < -0.39 is 5.82 Å². The molecule has 0 spiro atoms. The topological polar surface area (TPSA) is 50.8 Å². The van der Waals surface area contributed by atoms with Crippen molar-refractivity contribution < 1.29 is 18.7 Å². The van der Waals surface area contributed by atoms with E-state index in [4.69, 9.17) is 9.47 Å². The van der Waals surface area contributed by atoms with E-state index in [1.807, 2.05) is 6.92 Å². The van der Waals surface area contributed by atoms with Crippen molar-refractivity contribution in [2.24, 2.45) is 0 Å². The molecule has 2 rings (SSSR count). The highest BCUT2D eigenvalue weighted by Gasteiger charge is 2.29. The monoisotopic (exact) mass is 310 g/mol. The summed E-state index contributed by atoms with van der Waals surface area (Å²) in [6.45, 7) is 4.25. The summed E-state index contributed by atoms with van der Waals surface area (Å²) >= 11 is 0. The second-order valence-electron chi connectivity index (χ2n) is 5.33. The van der Waals surface area contributed by atoms with Gasteiger partial charge in [-0.3, -0.25) is 4.79 Å². The third kappa shape index (κ3) is 3.32. The smallest absolute Gasteiger partial charge is 0.257 e. The molecule has 1 amide bonds. The van der Waals surface area contributed by atoms with Crippen LogP contribution in [0.2, 0.25) is 0 Å². The number of nitrogens with one attached hydrogen (secondary N) is 1. The number of benzene rings is 1. The Hall–Kier alpha value is -1.82. The summed E-state index contributed by atoms with van der Waals surface area (Å²) < 4.78 is 24.5. The molecule has 1 heterocycles. The maximum Gasteiger partial charge on any atom is 0.257 e. The lowest BCUT2D eigenvalue weighted by Crippen LogP contribution is -2.42. The number of amides is 1. The van der Waals surface area contributed by atoms with Gasteiger partial charge in [0.05, 0.1) is 19.8 Å². The normalized spacial score (nSPS) is 17.4. The first-order valence-electron chi connectivity index (χ1n) is 7.55. The molecule has 1 aromatic carbocycles. The van der Waals surface area contributed by atoms with Crippen molar-refractivity contribution in [2.45, 2.75) is 25.8 Å². The van der Waals surface area contributed by atoms with Gasteiger partial charge in [-0.15, -0.1) is 0 Å². The van der Waals surface area contributed by atoms with Gasteiger partial charge in [-0.1, -0.05) is 6.92 Å². The van der Waals surface area contributed by atoms with Gasteiger partial charge in [0.2, 0.25) is 0 Å². The molecule has 0 bridgehead atoms. The van der Waals surface area contributed by atoms with Crippen LogP contribution in [0.4, 0.5) is 4.39 Å². The molecule has 1 aromatic rings. The zero-order valence-electron chi connectivity index (χ0n) is 13.3. The van der Waals surface area contributed by atoms with Crippen LogP contribution in [-0.4, -0.2) is 50.7 Å². The van der Waals surface area contributed by atoms with Crippen LogP contribution in [-0.2, 0) is 0 Å². The van der Waals surface area contributed by atoms with E-state index >= 15 is 0 Å². The molecule has 6 heteroatoms. The lowest BCUT2D eigenvalue weighted by Gasteiger charge is -2.28. The fourth-order valence-corrected chi connectivity index (χ4v) is 2.77. The minimum Gasteiger partial charge on any atom is -0.493 e. The minimum absolute atomic E-state index is 0.0259. The minimum atomic E-state index is -0.588. The van der Waals surface area contributed by atoms with Crippen LogP contribution < -0.4 is 14.8 Å². The van der Waals surface area contributed by atoms with Crippen LogP contribution >= 0.6 is 0 Å². The first kappa shape index (κ1) is 16.5. The van der Waals surface area contributed by atoms with E-state index in [1.165, 1.54) is 26.4 Å². The molecular weight excluding hydrogens is 287 g/mol. The molecule has 1 unspecified atom stereocenters. The molecule has 22 heavy (non-hydrogen) atoms. The summed E-state index contributed by atoms with van der Waals surface area (Å²) in [4.78, 5) is 14.5. The van der Waals surface area contributed by atoms with Gasteiger partial charge in [-0.25, -0.2) is 4.39 Å². The Bertz CT molecular complexity index is 530. The van der Waals surface area contributed by atoms with Crippen molar-refractivity contribution in [2.75, 3.05) is 33.9 Å². The van der Waals surface area contributed by atoms with Crippen LogP contribution in [0.1, 0.15) is 30.1 Å². The first-order chi connectivity index (χ1) is 10.6.